The van der Waals surface area contributed by atoms with Crippen molar-refractivity contribution in [3.63, 3.8) is 0 Å². The van der Waals surface area contributed by atoms with Gasteiger partial charge in [-0.05, 0) is 42.4 Å². The number of hydrogen-bond donors (Lipinski definition) is 0. The maximum absolute atomic E-state index is 14.6. The Hall–Kier alpha value is -2.73. The third kappa shape index (κ3) is 3.72. The second kappa shape index (κ2) is 8.56. The molecule has 2 aliphatic heterocycles. The molecule has 2 aromatic carbocycles. The van der Waals surface area contributed by atoms with Gasteiger partial charge in [-0.25, -0.2) is 13.6 Å². The summed E-state index contributed by atoms with van der Waals surface area (Å²) in [6.07, 6.45) is 1.91. The molecule has 30 heavy (non-hydrogen) atoms. The summed E-state index contributed by atoms with van der Waals surface area (Å²) in [6.45, 7) is 7.96. The summed E-state index contributed by atoms with van der Waals surface area (Å²) in [4.78, 5) is 19.2. The van der Waals surface area contributed by atoms with E-state index in [-0.39, 0.29) is 23.7 Å². The van der Waals surface area contributed by atoms with E-state index in [9.17, 15) is 13.6 Å². The SMILES string of the molecule is CCN(CC)CCN1C[C@H]2C(c3cc(F)ccc3F)=C[C@@H](c3ccccc3)N2C1=O. The molecular weight excluding hydrogens is 384 g/mol. The van der Waals surface area contributed by atoms with Crippen molar-refractivity contribution in [2.45, 2.75) is 25.9 Å². The molecule has 0 bridgehead atoms. The Balaban J connectivity index is 1.68. The average molecular weight is 411 g/mol. The van der Waals surface area contributed by atoms with Crippen LogP contribution in [0.3, 0.4) is 0 Å². The number of benzene rings is 2. The average Bonchev–Trinajstić information content (AvgIpc) is 3.29. The minimum atomic E-state index is -0.482. The molecule has 0 saturated carbocycles. The molecule has 0 aliphatic carbocycles. The van der Waals surface area contributed by atoms with Gasteiger partial charge in [0.05, 0.1) is 12.1 Å². The fourth-order valence-electron chi connectivity index (χ4n) is 4.48. The van der Waals surface area contributed by atoms with E-state index in [1.807, 2.05) is 46.2 Å². The van der Waals surface area contributed by atoms with Crippen LogP contribution in [0.5, 0.6) is 0 Å². The normalized spacial score (nSPS) is 20.8. The highest BCUT2D eigenvalue weighted by atomic mass is 19.1. The second-order valence-electron chi connectivity index (χ2n) is 7.78. The van der Waals surface area contributed by atoms with Gasteiger partial charge in [-0.1, -0.05) is 50.3 Å². The molecular formula is C24H27F2N3O. The van der Waals surface area contributed by atoms with Crippen molar-refractivity contribution >= 4 is 11.6 Å². The van der Waals surface area contributed by atoms with Crippen molar-refractivity contribution in [3.05, 3.63) is 77.4 Å². The molecule has 2 aliphatic rings. The van der Waals surface area contributed by atoms with Crippen molar-refractivity contribution in [2.75, 3.05) is 32.7 Å². The van der Waals surface area contributed by atoms with Crippen LogP contribution in [0, 0.1) is 11.6 Å². The van der Waals surface area contributed by atoms with E-state index in [4.69, 9.17) is 0 Å². The molecule has 6 heteroatoms. The molecule has 0 N–H and O–H groups in total. The third-order valence-electron chi connectivity index (χ3n) is 6.18. The number of halogens is 2. The first kappa shape index (κ1) is 20.5. The number of fused-ring (bicyclic) bond motifs is 1. The van der Waals surface area contributed by atoms with Gasteiger partial charge >= 0.3 is 6.03 Å². The smallest absolute Gasteiger partial charge is 0.321 e. The van der Waals surface area contributed by atoms with Crippen LogP contribution in [-0.2, 0) is 0 Å². The number of amides is 2. The number of hydrogen-bond acceptors (Lipinski definition) is 2. The number of rotatable bonds is 7. The number of carbonyl (C=O) groups is 1. The number of nitrogens with zero attached hydrogens (tertiary/aromatic N) is 3. The van der Waals surface area contributed by atoms with Gasteiger partial charge in [0, 0.05) is 25.2 Å². The van der Waals surface area contributed by atoms with Crippen molar-refractivity contribution in [3.8, 4) is 0 Å². The van der Waals surface area contributed by atoms with Gasteiger partial charge in [-0.2, -0.15) is 0 Å². The summed E-state index contributed by atoms with van der Waals surface area (Å²) in [6, 6.07) is 12.6. The summed E-state index contributed by atoms with van der Waals surface area (Å²) in [5, 5.41) is 0. The topological polar surface area (TPSA) is 26.8 Å². The monoisotopic (exact) mass is 411 g/mol. The Morgan fingerprint density at radius 2 is 1.80 bits per heavy atom. The molecule has 4 rings (SSSR count). The largest absolute Gasteiger partial charge is 0.321 e. The van der Waals surface area contributed by atoms with Crippen LogP contribution < -0.4 is 0 Å². The molecule has 0 aromatic heterocycles. The Kier molecular flexibility index (Phi) is 5.86. The lowest BCUT2D eigenvalue weighted by molar-refractivity contribution is 0.177. The van der Waals surface area contributed by atoms with Crippen LogP contribution in [0.4, 0.5) is 13.6 Å². The summed E-state index contributed by atoms with van der Waals surface area (Å²) in [5.74, 6) is -0.949. The van der Waals surface area contributed by atoms with Gasteiger partial charge in [0.25, 0.3) is 0 Å². The fraction of sp³-hybridized carbons (Fsp3) is 0.375. The summed E-state index contributed by atoms with van der Waals surface area (Å²) in [7, 11) is 0. The molecule has 1 saturated heterocycles. The van der Waals surface area contributed by atoms with Crippen LogP contribution in [0.1, 0.15) is 31.0 Å². The van der Waals surface area contributed by atoms with Crippen LogP contribution in [0.15, 0.2) is 54.6 Å². The summed E-state index contributed by atoms with van der Waals surface area (Å²) < 4.78 is 28.5. The first-order valence-corrected chi connectivity index (χ1v) is 10.5. The number of likely N-dealkylation sites (N-methyl/N-ethyl adjacent to an activating group) is 1. The van der Waals surface area contributed by atoms with Gasteiger partial charge in [-0.15, -0.1) is 0 Å². The highest BCUT2D eigenvalue weighted by Crippen LogP contribution is 2.44. The lowest BCUT2D eigenvalue weighted by Gasteiger charge is -2.26. The maximum atomic E-state index is 14.6. The Labute approximate surface area is 176 Å². The maximum Gasteiger partial charge on any atom is 0.321 e. The molecule has 4 nitrogen and oxygen atoms in total. The van der Waals surface area contributed by atoms with Gasteiger partial charge in [0.15, 0.2) is 0 Å². The van der Waals surface area contributed by atoms with E-state index in [0.717, 1.165) is 37.3 Å². The van der Waals surface area contributed by atoms with Gasteiger partial charge < -0.3 is 14.7 Å². The van der Waals surface area contributed by atoms with Gasteiger partial charge in [0.2, 0.25) is 0 Å². The van der Waals surface area contributed by atoms with Gasteiger partial charge in [0.1, 0.15) is 11.6 Å². The lowest BCUT2D eigenvalue weighted by Crippen LogP contribution is -2.38. The Morgan fingerprint density at radius 1 is 1.07 bits per heavy atom. The van der Waals surface area contributed by atoms with Crippen molar-refractivity contribution < 1.29 is 13.6 Å². The van der Waals surface area contributed by atoms with Crippen molar-refractivity contribution in [2.24, 2.45) is 0 Å². The zero-order valence-electron chi connectivity index (χ0n) is 17.4. The molecule has 2 atom stereocenters. The zero-order chi connectivity index (χ0) is 21.3. The standard InChI is InChI=1S/C24H27F2N3O/c1-3-27(4-2)12-13-28-16-23-20(19-14-18(25)10-11-21(19)26)15-22(29(23)24(28)30)17-8-6-5-7-9-17/h5-11,14-15,22-23H,3-4,12-13,16H2,1-2H3/t22-,23-/m0/s1. The minimum absolute atomic E-state index is 0.0518. The van der Waals surface area contributed by atoms with E-state index in [1.165, 1.54) is 6.07 Å². The highest BCUT2D eigenvalue weighted by Gasteiger charge is 2.47. The Bertz CT molecular complexity index is 943. The predicted octanol–water partition coefficient (Wildman–Crippen LogP) is 4.55. The molecule has 0 radical (unpaired) electrons. The first-order chi connectivity index (χ1) is 14.5. The number of carbonyl (C=O) groups excluding carboxylic acids is 1. The molecule has 0 unspecified atom stereocenters. The first-order valence-electron chi connectivity index (χ1n) is 10.5. The molecule has 0 spiro atoms. The minimum Gasteiger partial charge on any atom is -0.321 e. The van der Waals surface area contributed by atoms with E-state index < -0.39 is 11.6 Å². The van der Waals surface area contributed by atoms with E-state index in [0.29, 0.717) is 18.7 Å². The van der Waals surface area contributed by atoms with Crippen molar-refractivity contribution in [1.82, 2.24) is 14.7 Å². The van der Waals surface area contributed by atoms with E-state index >= 15 is 0 Å². The third-order valence-corrected chi connectivity index (χ3v) is 6.18. The highest BCUT2D eigenvalue weighted by molar-refractivity contribution is 5.87. The summed E-state index contributed by atoms with van der Waals surface area (Å²) >= 11 is 0. The quantitative estimate of drug-likeness (QED) is 0.668. The van der Waals surface area contributed by atoms with Gasteiger partial charge in [-0.3, -0.25) is 0 Å². The lowest BCUT2D eigenvalue weighted by atomic mass is 9.98. The van der Waals surface area contributed by atoms with Crippen LogP contribution >= 0.6 is 0 Å². The molecule has 2 amide bonds. The molecule has 2 aromatic rings. The molecule has 2 heterocycles. The van der Waals surface area contributed by atoms with Crippen LogP contribution in [0.25, 0.3) is 5.57 Å². The summed E-state index contributed by atoms with van der Waals surface area (Å²) in [5.41, 5.74) is 1.88. The van der Waals surface area contributed by atoms with Crippen LogP contribution in [0.2, 0.25) is 0 Å². The fourth-order valence-corrected chi connectivity index (χ4v) is 4.48. The van der Waals surface area contributed by atoms with Crippen LogP contribution in [-0.4, -0.2) is 59.5 Å². The molecule has 158 valence electrons. The van der Waals surface area contributed by atoms with Crippen molar-refractivity contribution in [1.29, 1.82) is 0 Å². The second-order valence-corrected chi connectivity index (χ2v) is 7.78. The van der Waals surface area contributed by atoms with E-state index in [2.05, 4.69) is 18.7 Å². The van der Waals surface area contributed by atoms with E-state index in [1.54, 1.807) is 0 Å². The predicted molar refractivity (Wildman–Crippen MR) is 114 cm³/mol. The zero-order valence-corrected chi connectivity index (χ0v) is 17.4. The number of urea groups is 1. The Morgan fingerprint density at radius 3 is 2.50 bits per heavy atom. The molecule has 1 fully saturated rings.